The Morgan fingerprint density at radius 1 is 1.50 bits per heavy atom. The van der Waals surface area contributed by atoms with Crippen LogP contribution in [-0.4, -0.2) is 26.8 Å². The average molecular weight is 242 g/mol. The minimum absolute atomic E-state index is 0.190. The summed E-state index contributed by atoms with van der Waals surface area (Å²) in [5.74, 6) is 0. The van der Waals surface area contributed by atoms with E-state index in [4.69, 9.17) is 5.26 Å². The molecule has 6 heteroatoms. The maximum atomic E-state index is 8.50. The number of hydrogen-bond acceptors (Lipinski definition) is 5. The Morgan fingerprint density at radius 2 is 2.39 bits per heavy atom. The first-order valence-electron chi connectivity index (χ1n) is 5.75. The third-order valence-electron chi connectivity index (χ3n) is 2.67. The fourth-order valence-corrected chi connectivity index (χ4v) is 1.68. The summed E-state index contributed by atoms with van der Waals surface area (Å²) in [5, 5.41) is 22.9. The molecule has 2 aromatic rings. The summed E-state index contributed by atoms with van der Waals surface area (Å²) in [6, 6.07) is 10.3. The summed E-state index contributed by atoms with van der Waals surface area (Å²) in [5.41, 5.74) is 2.06. The van der Waals surface area contributed by atoms with Crippen molar-refractivity contribution in [3.05, 3.63) is 36.2 Å². The Morgan fingerprint density at radius 3 is 3.11 bits per heavy atom. The summed E-state index contributed by atoms with van der Waals surface area (Å²) >= 11 is 0. The van der Waals surface area contributed by atoms with Gasteiger partial charge in [0.15, 0.2) is 0 Å². The molecular formula is C12H14N6. The monoisotopic (exact) mass is 242 g/mol. The van der Waals surface area contributed by atoms with Crippen molar-refractivity contribution in [1.29, 1.82) is 5.26 Å². The number of nitrogens with zero attached hydrogens (tertiary/aromatic N) is 5. The second-order valence-electron chi connectivity index (χ2n) is 3.93. The Kier molecular flexibility index (Phi) is 3.99. The fourth-order valence-electron chi connectivity index (χ4n) is 1.68. The number of nitriles is 1. The van der Waals surface area contributed by atoms with Gasteiger partial charge >= 0.3 is 0 Å². The predicted molar refractivity (Wildman–Crippen MR) is 65.8 cm³/mol. The van der Waals surface area contributed by atoms with Crippen LogP contribution in [0.15, 0.2) is 30.6 Å². The van der Waals surface area contributed by atoms with Crippen molar-refractivity contribution in [2.24, 2.45) is 0 Å². The van der Waals surface area contributed by atoms with Crippen LogP contribution in [0, 0.1) is 11.3 Å². The molecule has 0 fully saturated rings. The van der Waals surface area contributed by atoms with Crippen molar-refractivity contribution in [3.63, 3.8) is 0 Å². The molecule has 0 saturated carbocycles. The van der Waals surface area contributed by atoms with Crippen molar-refractivity contribution in [1.82, 2.24) is 25.5 Å². The zero-order valence-corrected chi connectivity index (χ0v) is 10.1. The third-order valence-corrected chi connectivity index (χ3v) is 2.67. The zero-order valence-electron chi connectivity index (χ0n) is 10.1. The van der Waals surface area contributed by atoms with Gasteiger partial charge in [-0.3, -0.25) is 0 Å². The maximum Gasteiger partial charge on any atom is 0.143 e. The highest BCUT2D eigenvalue weighted by molar-refractivity contribution is 5.35. The van der Waals surface area contributed by atoms with Gasteiger partial charge in [0.2, 0.25) is 0 Å². The molecule has 6 nitrogen and oxygen atoms in total. The standard InChI is InChI=1S/C12H14N6/c1-10(14-7-3-6-13)11-4-2-5-12(8-11)18-9-15-16-17-18/h2,4-5,8-10,14H,3,7H2,1H3. The van der Waals surface area contributed by atoms with E-state index in [1.165, 1.54) is 0 Å². The first kappa shape index (κ1) is 12.2. The number of hydrogen-bond donors (Lipinski definition) is 1. The van der Waals surface area contributed by atoms with Gasteiger partial charge in [0, 0.05) is 19.0 Å². The number of benzene rings is 1. The predicted octanol–water partition coefficient (Wildman–Crippen LogP) is 1.23. The van der Waals surface area contributed by atoms with Crippen LogP contribution in [0.4, 0.5) is 0 Å². The number of rotatable bonds is 5. The molecule has 92 valence electrons. The van der Waals surface area contributed by atoms with Gasteiger partial charge in [0.05, 0.1) is 11.8 Å². The molecule has 0 aliphatic heterocycles. The van der Waals surface area contributed by atoms with Gasteiger partial charge in [-0.1, -0.05) is 12.1 Å². The summed E-state index contributed by atoms with van der Waals surface area (Å²) in [6.45, 7) is 2.75. The Labute approximate surface area is 105 Å². The Hall–Kier alpha value is -2.26. The third kappa shape index (κ3) is 2.90. The lowest BCUT2D eigenvalue weighted by Crippen LogP contribution is -2.19. The van der Waals surface area contributed by atoms with Crippen LogP contribution in [0.25, 0.3) is 5.69 Å². The summed E-state index contributed by atoms with van der Waals surface area (Å²) in [6.07, 6.45) is 2.07. The molecule has 0 spiro atoms. The normalized spacial score (nSPS) is 12.0. The molecule has 18 heavy (non-hydrogen) atoms. The van der Waals surface area contributed by atoms with Gasteiger partial charge in [0.1, 0.15) is 6.33 Å². The minimum atomic E-state index is 0.190. The van der Waals surface area contributed by atoms with Gasteiger partial charge < -0.3 is 5.32 Å². The van der Waals surface area contributed by atoms with Crippen LogP contribution in [0.5, 0.6) is 0 Å². The van der Waals surface area contributed by atoms with Gasteiger partial charge in [-0.15, -0.1) is 5.10 Å². The molecule has 0 saturated heterocycles. The van der Waals surface area contributed by atoms with Crippen molar-refractivity contribution in [2.75, 3.05) is 6.54 Å². The second kappa shape index (κ2) is 5.89. The topological polar surface area (TPSA) is 79.4 Å². The van der Waals surface area contributed by atoms with Crippen LogP contribution in [0.2, 0.25) is 0 Å². The highest BCUT2D eigenvalue weighted by Gasteiger charge is 2.06. The van der Waals surface area contributed by atoms with Gasteiger partial charge in [-0.2, -0.15) is 5.26 Å². The molecule has 0 bridgehead atoms. The van der Waals surface area contributed by atoms with E-state index in [0.717, 1.165) is 11.3 Å². The van der Waals surface area contributed by atoms with Crippen molar-refractivity contribution in [3.8, 4) is 11.8 Å². The largest absolute Gasteiger partial charge is 0.309 e. The summed E-state index contributed by atoms with van der Waals surface area (Å²) < 4.78 is 1.62. The van der Waals surface area contributed by atoms with E-state index < -0.39 is 0 Å². The molecule has 1 aromatic heterocycles. The zero-order chi connectivity index (χ0) is 12.8. The summed E-state index contributed by atoms with van der Waals surface area (Å²) in [7, 11) is 0. The highest BCUT2D eigenvalue weighted by Crippen LogP contribution is 2.15. The minimum Gasteiger partial charge on any atom is -0.309 e. The van der Waals surface area contributed by atoms with E-state index >= 15 is 0 Å². The number of tetrazole rings is 1. The van der Waals surface area contributed by atoms with E-state index in [2.05, 4.69) is 33.8 Å². The van der Waals surface area contributed by atoms with E-state index in [0.29, 0.717) is 13.0 Å². The van der Waals surface area contributed by atoms with Crippen LogP contribution in [0.1, 0.15) is 24.9 Å². The lowest BCUT2D eigenvalue weighted by atomic mass is 10.1. The highest BCUT2D eigenvalue weighted by atomic mass is 15.5. The molecular weight excluding hydrogens is 228 g/mol. The Bertz CT molecular complexity index is 528. The van der Waals surface area contributed by atoms with Gasteiger partial charge in [0.25, 0.3) is 0 Å². The van der Waals surface area contributed by atoms with E-state index in [-0.39, 0.29) is 6.04 Å². The molecule has 1 aromatic carbocycles. The molecule has 1 N–H and O–H groups in total. The Balaban J connectivity index is 2.10. The quantitative estimate of drug-likeness (QED) is 0.797. The molecule has 0 amide bonds. The first-order chi connectivity index (χ1) is 8.81. The van der Waals surface area contributed by atoms with E-state index in [1.54, 1.807) is 11.0 Å². The fraction of sp³-hybridized carbons (Fsp3) is 0.333. The van der Waals surface area contributed by atoms with Gasteiger partial charge in [-0.25, -0.2) is 4.68 Å². The molecule has 1 heterocycles. The first-order valence-corrected chi connectivity index (χ1v) is 5.75. The van der Waals surface area contributed by atoms with Crippen molar-refractivity contribution < 1.29 is 0 Å². The maximum absolute atomic E-state index is 8.50. The van der Waals surface area contributed by atoms with Gasteiger partial charge in [-0.05, 0) is 35.0 Å². The smallest absolute Gasteiger partial charge is 0.143 e. The lowest BCUT2D eigenvalue weighted by molar-refractivity contribution is 0.582. The van der Waals surface area contributed by atoms with Crippen LogP contribution >= 0.6 is 0 Å². The van der Waals surface area contributed by atoms with Crippen molar-refractivity contribution >= 4 is 0 Å². The van der Waals surface area contributed by atoms with E-state index in [1.807, 2.05) is 24.3 Å². The van der Waals surface area contributed by atoms with E-state index in [9.17, 15) is 0 Å². The molecule has 0 aliphatic rings. The van der Waals surface area contributed by atoms with Crippen LogP contribution in [-0.2, 0) is 0 Å². The SMILES string of the molecule is CC(NCCC#N)c1cccc(-n2cnnn2)c1. The number of nitrogens with one attached hydrogen (secondary N) is 1. The molecule has 0 aliphatic carbocycles. The molecule has 1 atom stereocenters. The molecule has 0 radical (unpaired) electrons. The lowest BCUT2D eigenvalue weighted by Gasteiger charge is -2.14. The average Bonchev–Trinajstić information content (AvgIpc) is 2.93. The van der Waals surface area contributed by atoms with Crippen LogP contribution in [0.3, 0.4) is 0 Å². The van der Waals surface area contributed by atoms with Crippen molar-refractivity contribution in [2.45, 2.75) is 19.4 Å². The molecule has 1 unspecified atom stereocenters. The summed E-state index contributed by atoms with van der Waals surface area (Å²) in [4.78, 5) is 0. The number of aromatic nitrogens is 4. The molecule has 2 rings (SSSR count). The second-order valence-corrected chi connectivity index (χ2v) is 3.93. The van der Waals surface area contributed by atoms with Crippen LogP contribution < -0.4 is 5.32 Å².